The number of aromatic nitrogens is 2. The number of carbonyl (C=O) groups is 2. The highest BCUT2D eigenvalue weighted by Gasteiger charge is 2.22. The standard InChI is InChI=1S/C20H25N3O5/c1-2-3-6-9-23-19(25)16-8-5-4-7-15(16)18(21-23)20(26)28-14-17(24)22-10-12-27-13-11-22/h4-5,7-8H,2-3,6,9-14H2,1H3. The van der Waals surface area contributed by atoms with Crippen LogP contribution in [0.1, 0.15) is 36.7 Å². The molecule has 0 atom stereocenters. The second-order valence-corrected chi connectivity index (χ2v) is 6.70. The van der Waals surface area contributed by atoms with Crippen LogP contribution in [-0.2, 0) is 20.8 Å². The number of amides is 1. The van der Waals surface area contributed by atoms with Gasteiger partial charge in [-0.1, -0.05) is 38.0 Å². The minimum Gasteiger partial charge on any atom is -0.451 e. The molecule has 1 saturated heterocycles. The zero-order valence-electron chi connectivity index (χ0n) is 16.1. The average molecular weight is 387 g/mol. The molecule has 3 rings (SSSR count). The van der Waals surface area contributed by atoms with Gasteiger partial charge in [0.1, 0.15) is 0 Å². The molecule has 8 nitrogen and oxygen atoms in total. The highest BCUT2D eigenvalue weighted by Crippen LogP contribution is 2.15. The van der Waals surface area contributed by atoms with Crippen molar-refractivity contribution in [3.63, 3.8) is 0 Å². The fourth-order valence-electron chi connectivity index (χ4n) is 3.15. The lowest BCUT2D eigenvalue weighted by molar-refractivity contribution is -0.138. The Balaban J connectivity index is 1.80. The first-order chi connectivity index (χ1) is 13.6. The molecule has 8 heteroatoms. The molecule has 2 aromatic rings. The molecule has 0 aliphatic carbocycles. The second kappa shape index (κ2) is 9.45. The van der Waals surface area contributed by atoms with Crippen LogP contribution in [0.3, 0.4) is 0 Å². The molecule has 1 amide bonds. The van der Waals surface area contributed by atoms with Crippen molar-refractivity contribution in [3.05, 3.63) is 40.3 Å². The van der Waals surface area contributed by atoms with Crippen molar-refractivity contribution in [3.8, 4) is 0 Å². The molecule has 28 heavy (non-hydrogen) atoms. The van der Waals surface area contributed by atoms with Crippen LogP contribution >= 0.6 is 0 Å². The van der Waals surface area contributed by atoms with Crippen LogP contribution in [0, 0.1) is 0 Å². The molecule has 0 saturated carbocycles. The second-order valence-electron chi connectivity index (χ2n) is 6.70. The lowest BCUT2D eigenvalue weighted by atomic mass is 10.1. The molecule has 1 aliphatic heterocycles. The zero-order chi connectivity index (χ0) is 19.9. The summed E-state index contributed by atoms with van der Waals surface area (Å²) in [5.41, 5.74) is -0.172. The van der Waals surface area contributed by atoms with Crippen LogP contribution in [0.15, 0.2) is 29.1 Å². The number of aryl methyl sites for hydroxylation is 1. The summed E-state index contributed by atoms with van der Waals surface area (Å²) in [6, 6.07) is 6.82. The Morgan fingerprint density at radius 2 is 1.86 bits per heavy atom. The Hall–Kier alpha value is -2.74. The minimum absolute atomic E-state index is 0.0569. The van der Waals surface area contributed by atoms with Gasteiger partial charge in [-0.25, -0.2) is 9.48 Å². The van der Waals surface area contributed by atoms with E-state index in [1.165, 1.54) is 4.68 Å². The Morgan fingerprint density at radius 1 is 1.14 bits per heavy atom. The molecular formula is C20H25N3O5. The fraction of sp³-hybridized carbons (Fsp3) is 0.500. The molecule has 0 unspecified atom stereocenters. The average Bonchev–Trinajstić information content (AvgIpc) is 2.74. The van der Waals surface area contributed by atoms with Crippen molar-refractivity contribution in [1.82, 2.24) is 14.7 Å². The number of rotatable bonds is 7. The number of fused-ring (bicyclic) bond motifs is 1. The normalized spacial score (nSPS) is 14.2. The predicted molar refractivity (Wildman–Crippen MR) is 103 cm³/mol. The van der Waals surface area contributed by atoms with Crippen LogP contribution in [0.25, 0.3) is 10.8 Å². The molecule has 0 bridgehead atoms. The number of unbranched alkanes of at least 4 members (excludes halogenated alkanes) is 2. The number of ether oxygens (including phenoxy) is 2. The lowest BCUT2D eigenvalue weighted by Gasteiger charge is -2.26. The number of nitrogens with zero attached hydrogens (tertiary/aromatic N) is 3. The molecule has 0 radical (unpaired) electrons. The Bertz CT molecular complexity index is 902. The van der Waals surface area contributed by atoms with Gasteiger partial charge in [-0.05, 0) is 12.5 Å². The third kappa shape index (κ3) is 4.56. The highest BCUT2D eigenvalue weighted by atomic mass is 16.5. The van der Waals surface area contributed by atoms with E-state index in [1.807, 2.05) is 0 Å². The number of hydrogen-bond donors (Lipinski definition) is 0. The topological polar surface area (TPSA) is 90.7 Å². The van der Waals surface area contributed by atoms with Gasteiger partial charge in [-0.15, -0.1) is 0 Å². The smallest absolute Gasteiger partial charge is 0.359 e. The van der Waals surface area contributed by atoms with E-state index in [4.69, 9.17) is 9.47 Å². The number of esters is 1. The molecular weight excluding hydrogens is 362 g/mol. The lowest BCUT2D eigenvalue weighted by Crippen LogP contribution is -2.42. The van der Waals surface area contributed by atoms with Gasteiger partial charge < -0.3 is 14.4 Å². The van der Waals surface area contributed by atoms with Gasteiger partial charge in [0, 0.05) is 25.0 Å². The van der Waals surface area contributed by atoms with Crippen molar-refractivity contribution in [2.45, 2.75) is 32.7 Å². The number of carbonyl (C=O) groups excluding carboxylic acids is 2. The largest absolute Gasteiger partial charge is 0.451 e. The van der Waals surface area contributed by atoms with Crippen LogP contribution < -0.4 is 5.56 Å². The van der Waals surface area contributed by atoms with Crippen LogP contribution in [-0.4, -0.2) is 59.5 Å². The summed E-state index contributed by atoms with van der Waals surface area (Å²) in [7, 11) is 0. The van der Waals surface area contributed by atoms with Gasteiger partial charge in [-0.3, -0.25) is 9.59 Å². The van der Waals surface area contributed by atoms with Crippen LogP contribution in [0.2, 0.25) is 0 Å². The molecule has 2 heterocycles. The van der Waals surface area contributed by atoms with E-state index < -0.39 is 5.97 Å². The van der Waals surface area contributed by atoms with E-state index in [2.05, 4.69) is 12.0 Å². The molecule has 150 valence electrons. The van der Waals surface area contributed by atoms with E-state index >= 15 is 0 Å². The third-order valence-corrected chi connectivity index (χ3v) is 4.73. The van der Waals surface area contributed by atoms with Crippen molar-refractivity contribution in [2.24, 2.45) is 0 Å². The highest BCUT2D eigenvalue weighted by molar-refractivity contribution is 6.02. The van der Waals surface area contributed by atoms with Crippen molar-refractivity contribution in [2.75, 3.05) is 32.9 Å². The van der Waals surface area contributed by atoms with E-state index in [-0.39, 0.29) is 23.8 Å². The van der Waals surface area contributed by atoms with E-state index in [0.717, 1.165) is 19.3 Å². The first-order valence-corrected chi connectivity index (χ1v) is 9.64. The molecule has 0 N–H and O–H groups in total. The van der Waals surface area contributed by atoms with Crippen LogP contribution in [0.4, 0.5) is 0 Å². The maximum atomic E-state index is 12.6. The van der Waals surface area contributed by atoms with Gasteiger partial charge in [0.15, 0.2) is 12.3 Å². The summed E-state index contributed by atoms with van der Waals surface area (Å²) in [6.07, 6.45) is 2.78. The minimum atomic E-state index is -0.706. The summed E-state index contributed by atoms with van der Waals surface area (Å²) in [4.78, 5) is 39.1. The molecule has 1 aromatic heterocycles. The summed E-state index contributed by atoms with van der Waals surface area (Å²) < 4.78 is 11.8. The quantitative estimate of drug-likeness (QED) is 0.529. The number of benzene rings is 1. The van der Waals surface area contributed by atoms with Gasteiger partial charge in [0.2, 0.25) is 0 Å². The summed E-state index contributed by atoms with van der Waals surface area (Å²) in [5, 5.41) is 5.10. The number of morpholine rings is 1. The van der Waals surface area contributed by atoms with Crippen molar-refractivity contribution in [1.29, 1.82) is 0 Å². The third-order valence-electron chi connectivity index (χ3n) is 4.73. The molecule has 1 aliphatic rings. The predicted octanol–water partition coefficient (Wildman–Crippen LogP) is 1.60. The molecule has 0 spiro atoms. The Morgan fingerprint density at radius 3 is 2.57 bits per heavy atom. The first kappa shape index (κ1) is 20.0. The molecule has 1 fully saturated rings. The van der Waals surface area contributed by atoms with Gasteiger partial charge >= 0.3 is 5.97 Å². The zero-order valence-corrected chi connectivity index (χ0v) is 16.1. The van der Waals surface area contributed by atoms with E-state index in [9.17, 15) is 14.4 Å². The van der Waals surface area contributed by atoms with Gasteiger partial charge in [0.05, 0.1) is 18.6 Å². The van der Waals surface area contributed by atoms with E-state index in [1.54, 1.807) is 29.2 Å². The Kier molecular flexibility index (Phi) is 6.76. The van der Waals surface area contributed by atoms with E-state index in [0.29, 0.717) is 43.6 Å². The maximum Gasteiger partial charge on any atom is 0.359 e. The van der Waals surface area contributed by atoms with Crippen molar-refractivity contribution < 1.29 is 19.1 Å². The number of hydrogen-bond acceptors (Lipinski definition) is 6. The van der Waals surface area contributed by atoms with Gasteiger partial charge in [0.25, 0.3) is 11.5 Å². The first-order valence-electron chi connectivity index (χ1n) is 9.64. The molecule has 1 aromatic carbocycles. The van der Waals surface area contributed by atoms with Crippen molar-refractivity contribution >= 4 is 22.6 Å². The Labute approximate surface area is 163 Å². The monoisotopic (exact) mass is 387 g/mol. The maximum absolute atomic E-state index is 12.6. The summed E-state index contributed by atoms with van der Waals surface area (Å²) in [6.45, 7) is 4.09. The fourth-order valence-corrected chi connectivity index (χ4v) is 3.15. The summed E-state index contributed by atoms with van der Waals surface area (Å²) in [5.74, 6) is -0.973. The van der Waals surface area contributed by atoms with Gasteiger partial charge in [-0.2, -0.15) is 5.10 Å². The SMILES string of the molecule is CCCCCn1nc(C(=O)OCC(=O)N2CCOCC2)c2ccccc2c1=O. The van der Waals surface area contributed by atoms with Crippen LogP contribution in [0.5, 0.6) is 0 Å². The summed E-state index contributed by atoms with van der Waals surface area (Å²) >= 11 is 0.